The first kappa shape index (κ1) is 24.4. The van der Waals surface area contributed by atoms with Gasteiger partial charge in [0.1, 0.15) is 0 Å². The molecular weight excluding hydrogens is 392 g/mol. The van der Waals surface area contributed by atoms with E-state index in [0.717, 1.165) is 12.2 Å². The molecule has 145 valence electrons. The summed E-state index contributed by atoms with van der Waals surface area (Å²) in [5, 5.41) is 22.7. The van der Waals surface area contributed by atoms with Crippen molar-refractivity contribution in [1.82, 2.24) is 0 Å². The van der Waals surface area contributed by atoms with Crippen LogP contribution in [0.25, 0.3) is 11.5 Å². The molecule has 0 saturated carbocycles. The van der Waals surface area contributed by atoms with Gasteiger partial charge in [-0.25, -0.2) is 0 Å². The zero-order valence-electron chi connectivity index (χ0n) is 15.3. The molecule has 2 rings (SSSR count). The molecule has 27 heavy (non-hydrogen) atoms. The van der Waals surface area contributed by atoms with Gasteiger partial charge in [-0.05, 0) is 23.3 Å². The Morgan fingerprint density at radius 2 is 1.00 bits per heavy atom. The summed E-state index contributed by atoms with van der Waals surface area (Å²) in [6, 6.07) is 17.5. The van der Waals surface area contributed by atoms with Gasteiger partial charge >= 0.3 is 17.1 Å². The molecule has 5 heteroatoms. The minimum absolute atomic E-state index is 0. The van der Waals surface area contributed by atoms with E-state index < -0.39 is 0 Å². The fourth-order valence-corrected chi connectivity index (χ4v) is 1.87. The van der Waals surface area contributed by atoms with E-state index in [2.05, 4.69) is 0 Å². The number of allylic oxidation sites excluding steroid dienone is 2. The molecular formula is C22H22CuO4. The van der Waals surface area contributed by atoms with E-state index in [-0.39, 0.29) is 40.2 Å². The SMILES string of the molecule is CCC(=O)/C=C(\[O-])c1ccccc1.CCC(=O)/C=C(\[O-])c1ccccc1.[Cu+2]. The molecule has 1 radical (unpaired) electrons. The van der Waals surface area contributed by atoms with Crippen molar-refractivity contribution in [1.29, 1.82) is 0 Å². The minimum Gasteiger partial charge on any atom is -0.872 e. The number of benzene rings is 2. The normalized spacial score (nSPS) is 10.9. The maximum absolute atomic E-state index is 11.3. The Balaban J connectivity index is 0.000000483. The van der Waals surface area contributed by atoms with Crippen molar-refractivity contribution < 1.29 is 36.9 Å². The van der Waals surface area contributed by atoms with Crippen molar-refractivity contribution in [2.75, 3.05) is 0 Å². The monoisotopic (exact) mass is 413 g/mol. The summed E-state index contributed by atoms with van der Waals surface area (Å²) in [5.74, 6) is -0.692. The largest absolute Gasteiger partial charge is 2.00 e. The van der Waals surface area contributed by atoms with Gasteiger partial charge in [-0.3, -0.25) is 9.59 Å². The molecule has 0 aliphatic rings. The number of hydrogen-bond donors (Lipinski definition) is 0. The smallest absolute Gasteiger partial charge is 0.872 e. The topological polar surface area (TPSA) is 80.3 Å². The van der Waals surface area contributed by atoms with Gasteiger partial charge in [-0.1, -0.05) is 86.0 Å². The second-order valence-electron chi connectivity index (χ2n) is 5.39. The Labute approximate surface area is 170 Å². The van der Waals surface area contributed by atoms with Gasteiger partial charge in [0.25, 0.3) is 0 Å². The predicted octanol–water partition coefficient (Wildman–Crippen LogP) is 2.73. The molecule has 0 amide bonds. The number of rotatable bonds is 6. The van der Waals surface area contributed by atoms with Gasteiger partial charge in [0, 0.05) is 12.8 Å². The number of carbonyl (C=O) groups is 2. The summed E-state index contributed by atoms with van der Waals surface area (Å²) >= 11 is 0. The molecule has 2 aromatic rings. The van der Waals surface area contributed by atoms with Crippen molar-refractivity contribution in [2.24, 2.45) is 0 Å². The molecule has 0 aliphatic heterocycles. The first-order chi connectivity index (χ1) is 12.5. The number of hydrogen-bond acceptors (Lipinski definition) is 4. The Bertz CT molecular complexity index is 698. The Kier molecular flexibility index (Phi) is 12.2. The maximum Gasteiger partial charge on any atom is 2.00 e. The van der Waals surface area contributed by atoms with Gasteiger partial charge in [0.2, 0.25) is 0 Å². The molecule has 0 atom stereocenters. The molecule has 0 unspecified atom stereocenters. The van der Waals surface area contributed by atoms with E-state index in [0.29, 0.717) is 24.0 Å². The second kappa shape index (κ2) is 13.6. The average molecular weight is 414 g/mol. The van der Waals surface area contributed by atoms with Gasteiger partial charge in [0.15, 0.2) is 11.6 Å². The third kappa shape index (κ3) is 9.59. The van der Waals surface area contributed by atoms with Crippen molar-refractivity contribution in [3.8, 4) is 0 Å². The number of carbonyl (C=O) groups excluding carboxylic acids is 2. The van der Waals surface area contributed by atoms with E-state index in [1.54, 1.807) is 62.4 Å². The fourth-order valence-electron chi connectivity index (χ4n) is 1.87. The van der Waals surface area contributed by atoms with Crippen LogP contribution in [-0.4, -0.2) is 11.6 Å². The van der Waals surface area contributed by atoms with Crippen LogP contribution in [0, 0.1) is 0 Å². The van der Waals surface area contributed by atoms with Crippen LogP contribution in [-0.2, 0) is 26.7 Å². The van der Waals surface area contributed by atoms with Gasteiger partial charge in [0.05, 0.1) is 0 Å². The molecule has 2 aromatic carbocycles. The average Bonchev–Trinajstić information content (AvgIpc) is 2.69. The molecule has 0 spiro atoms. The summed E-state index contributed by atoms with van der Waals surface area (Å²) in [4.78, 5) is 21.8. The Morgan fingerprint density at radius 1 is 0.704 bits per heavy atom. The van der Waals surface area contributed by atoms with Crippen LogP contribution < -0.4 is 10.2 Å². The van der Waals surface area contributed by atoms with Crippen LogP contribution in [0.5, 0.6) is 0 Å². The Hall–Kier alpha value is -2.62. The third-order valence-corrected chi connectivity index (χ3v) is 3.40. The van der Waals surface area contributed by atoms with Crippen molar-refractivity contribution in [3.63, 3.8) is 0 Å². The summed E-state index contributed by atoms with van der Waals surface area (Å²) in [5.41, 5.74) is 1.12. The molecule has 0 heterocycles. The molecule has 0 aromatic heterocycles. The quantitative estimate of drug-likeness (QED) is 0.414. The van der Waals surface area contributed by atoms with Crippen LogP contribution in [0.4, 0.5) is 0 Å². The second-order valence-corrected chi connectivity index (χ2v) is 5.39. The van der Waals surface area contributed by atoms with E-state index in [1.807, 2.05) is 12.1 Å². The van der Waals surface area contributed by atoms with E-state index in [1.165, 1.54) is 0 Å². The van der Waals surface area contributed by atoms with Crippen LogP contribution >= 0.6 is 0 Å². The summed E-state index contributed by atoms with van der Waals surface area (Å²) < 4.78 is 0. The van der Waals surface area contributed by atoms with E-state index in [9.17, 15) is 19.8 Å². The standard InChI is InChI=1S/2C11H12O2.Cu/c2*1-2-10(12)8-11(13)9-6-4-3-5-7-9;/h2*3-8,13H,2H2,1H3;/q;;+2/p-2/b2*11-8-;. The van der Waals surface area contributed by atoms with Crippen LogP contribution in [0.15, 0.2) is 72.8 Å². The molecule has 0 aliphatic carbocycles. The molecule has 0 N–H and O–H groups in total. The summed E-state index contributed by atoms with van der Waals surface area (Å²) in [6.45, 7) is 3.47. The van der Waals surface area contributed by atoms with E-state index >= 15 is 0 Å². The zero-order chi connectivity index (χ0) is 19.4. The van der Waals surface area contributed by atoms with Crippen LogP contribution in [0.2, 0.25) is 0 Å². The van der Waals surface area contributed by atoms with Crippen molar-refractivity contribution >= 4 is 23.1 Å². The van der Waals surface area contributed by atoms with Gasteiger partial charge in [-0.15, -0.1) is 0 Å². The first-order valence-corrected chi connectivity index (χ1v) is 8.41. The molecule has 4 nitrogen and oxygen atoms in total. The van der Waals surface area contributed by atoms with Gasteiger partial charge in [-0.2, -0.15) is 0 Å². The summed E-state index contributed by atoms with van der Waals surface area (Å²) in [7, 11) is 0. The molecule has 0 saturated heterocycles. The van der Waals surface area contributed by atoms with Crippen molar-refractivity contribution in [2.45, 2.75) is 26.7 Å². The molecule has 0 bridgehead atoms. The third-order valence-electron chi connectivity index (χ3n) is 3.40. The Morgan fingerprint density at radius 3 is 1.26 bits per heavy atom. The fraction of sp³-hybridized carbons (Fsp3) is 0.182. The minimum atomic E-state index is -0.215. The van der Waals surface area contributed by atoms with Crippen LogP contribution in [0.1, 0.15) is 37.8 Å². The number of ketones is 2. The van der Waals surface area contributed by atoms with E-state index in [4.69, 9.17) is 0 Å². The first-order valence-electron chi connectivity index (χ1n) is 8.41. The zero-order valence-corrected chi connectivity index (χ0v) is 16.2. The molecule has 0 fully saturated rings. The van der Waals surface area contributed by atoms with Crippen LogP contribution in [0.3, 0.4) is 0 Å². The van der Waals surface area contributed by atoms with Crippen molar-refractivity contribution in [3.05, 3.63) is 83.9 Å². The van der Waals surface area contributed by atoms with Gasteiger partial charge < -0.3 is 10.2 Å². The maximum atomic E-state index is 11.3. The predicted molar refractivity (Wildman–Crippen MR) is 99.4 cm³/mol. The summed E-state index contributed by atoms with van der Waals surface area (Å²) in [6.07, 6.45) is 3.04.